The summed E-state index contributed by atoms with van der Waals surface area (Å²) < 4.78 is 42.0. The van der Waals surface area contributed by atoms with E-state index in [1.54, 1.807) is 28.4 Å². The zero-order chi connectivity index (χ0) is 20.3. The fraction of sp³-hybridized carbons (Fsp3) is 0.400. The molecular formula is C20H24O8. The Kier molecular flexibility index (Phi) is 5.77. The van der Waals surface area contributed by atoms with Gasteiger partial charge in [-0.05, 0) is 37.1 Å². The first-order valence-corrected chi connectivity index (χ1v) is 8.58. The lowest BCUT2D eigenvalue weighted by Crippen LogP contribution is -1.94. The fourth-order valence-corrected chi connectivity index (χ4v) is 3.08. The summed E-state index contributed by atoms with van der Waals surface area (Å²) >= 11 is 0. The first kappa shape index (κ1) is 19.6. The Hall–Kier alpha value is -3.16. The number of rotatable bonds is 4. The summed E-state index contributed by atoms with van der Waals surface area (Å²) in [4.78, 5) is 0. The number of hydrogen-bond acceptors (Lipinski definition) is 8. The zero-order valence-electron chi connectivity index (χ0n) is 16.8. The monoisotopic (exact) mass is 392 g/mol. The average molecular weight is 392 g/mol. The summed E-state index contributed by atoms with van der Waals surface area (Å²) in [5.41, 5.74) is 1.93. The molecule has 0 bridgehead atoms. The molecule has 0 N–H and O–H groups in total. The highest BCUT2D eigenvalue weighted by Crippen LogP contribution is 2.50. The van der Waals surface area contributed by atoms with Crippen molar-refractivity contribution < 1.29 is 37.9 Å². The Morgan fingerprint density at radius 3 is 1.25 bits per heavy atom. The molecule has 8 nitrogen and oxygen atoms in total. The van der Waals surface area contributed by atoms with Crippen molar-refractivity contribution in [1.82, 2.24) is 0 Å². The van der Waals surface area contributed by atoms with Crippen molar-refractivity contribution in [3.8, 4) is 46.0 Å². The molecule has 0 aromatic heterocycles. The lowest BCUT2D eigenvalue weighted by atomic mass is 10.2. The van der Waals surface area contributed by atoms with Crippen LogP contribution in [0.3, 0.4) is 0 Å². The molecule has 0 atom stereocenters. The van der Waals surface area contributed by atoms with Crippen LogP contribution in [0.1, 0.15) is 11.1 Å². The number of methoxy groups -OCH3 is 4. The van der Waals surface area contributed by atoms with Crippen LogP contribution < -0.4 is 37.9 Å². The van der Waals surface area contributed by atoms with E-state index in [4.69, 9.17) is 37.9 Å². The molecule has 2 aromatic carbocycles. The molecule has 0 fully saturated rings. The third-order valence-corrected chi connectivity index (χ3v) is 4.35. The Morgan fingerprint density at radius 2 is 0.929 bits per heavy atom. The lowest BCUT2D eigenvalue weighted by molar-refractivity contribution is 0.168. The van der Waals surface area contributed by atoms with Gasteiger partial charge in [0.2, 0.25) is 36.6 Å². The van der Waals surface area contributed by atoms with Crippen LogP contribution in [0.2, 0.25) is 0 Å². The smallest absolute Gasteiger partial charge is 0.231 e. The molecule has 0 saturated carbocycles. The summed E-state index contributed by atoms with van der Waals surface area (Å²) in [5.74, 6) is 5.27. The third kappa shape index (κ3) is 3.37. The van der Waals surface area contributed by atoms with E-state index in [1.165, 1.54) is 0 Å². The van der Waals surface area contributed by atoms with E-state index in [0.717, 1.165) is 11.1 Å². The SMILES string of the molecule is COc1cc(C)c(OC)c2c1OCO2.COc1cc(C)c(OC)c2c1OCO2. The van der Waals surface area contributed by atoms with Crippen molar-refractivity contribution in [3.05, 3.63) is 23.3 Å². The first-order chi connectivity index (χ1) is 13.5. The Labute approximate surface area is 163 Å². The van der Waals surface area contributed by atoms with Crippen LogP contribution >= 0.6 is 0 Å². The van der Waals surface area contributed by atoms with Gasteiger partial charge in [0.05, 0.1) is 28.4 Å². The second-order valence-electron chi connectivity index (χ2n) is 5.99. The van der Waals surface area contributed by atoms with E-state index in [0.29, 0.717) is 46.0 Å². The van der Waals surface area contributed by atoms with Crippen molar-refractivity contribution in [2.75, 3.05) is 42.0 Å². The lowest BCUT2D eigenvalue weighted by Gasteiger charge is -2.10. The molecule has 0 saturated heterocycles. The van der Waals surface area contributed by atoms with Gasteiger partial charge in [0.15, 0.2) is 23.0 Å². The number of benzene rings is 2. The normalized spacial score (nSPS) is 12.8. The van der Waals surface area contributed by atoms with Gasteiger partial charge in [-0.3, -0.25) is 0 Å². The van der Waals surface area contributed by atoms with Crippen molar-refractivity contribution in [2.24, 2.45) is 0 Å². The molecule has 4 rings (SSSR count). The van der Waals surface area contributed by atoms with Gasteiger partial charge in [-0.15, -0.1) is 0 Å². The molecule has 8 heteroatoms. The summed E-state index contributed by atoms with van der Waals surface area (Å²) in [6.45, 7) is 4.30. The molecular weight excluding hydrogens is 368 g/mol. The zero-order valence-corrected chi connectivity index (χ0v) is 16.8. The summed E-state index contributed by atoms with van der Waals surface area (Å²) in [7, 11) is 6.42. The molecule has 152 valence electrons. The van der Waals surface area contributed by atoms with Gasteiger partial charge >= 0.3 is 0 Å². The molecule has 2 aliphatic rings. The second kappa shape index (κ2) is 8.24. The first-order valence-electron chi connectivity index (χ1n) is 8.58. The minimum absolute atomic E-state index is 0.214. The van der Waals surface area contributed by atoms with Gasteiger partial charge in [0.1, 0.15) is 0 Å². The largest absolute Gasteiger partial charge is 0.493 e. The number of aryl methyl sites for hydroxylation is 2. The maximum absolute atomic E-state index is 5.32. The highest BCUT2D eigenvalue weighted by molar-refractivity contribution is 5.64. The van der Waals surface area contributed by atoms with Gasteiger partial charge in [0, 0.05) is 0 Å². The molecule has 0 amide bonds. The van der Waals surface area contributed by atoms with E-state index < -0.39 is 0 Å². The minimum Gasteiger partial charge on any atom is -0.493 e. The van der Waals surface area contributed by atoms with Crippen LogP contribution in [0.15, 0.2) is 12.1 Å². The van der Waals surface area contributed by atoms with Crippen LogP contribution in [0.5, 0.6) is 46.0 Å². The summed E-state index contributed by atoms with van der Waals surface area (Å²) in [6, 6.07) is 3.73. The van der Waals surface area contributed by atoms with Crippen LogP contribution in [-0.2, 0) is 0 Å². The Morgan fingerprint density at radius 1 is 0.571 bits per heavy atom. The topological polar surface area (TPSA) is 73.8 Å². The highest BCUT2D eigenvalue weighted by Gasteiger charge is 2.26. The predicted octanol–water partition coefficient (Wildman–Crippen LogP) is 3.48. The quantitative estimate of drug-likeness (QED) is 0.783. The molecule has 2 aliphatic heterocycles. The van der Waals surface area contributed by atoms with Crippen molar-refractivity contribution in [3.63, 3.8) is 0 Å². The van der Waals surface area contributed by atoms with Gasteiger partial charge in [0.25, 0.3) is 0 Å². The predicted molar refractivity (Wildman–Crippen MR) is 101 cm³/mol. The molecule has 0 radical (unpaired) electrons. The highest BCUT2D eigenvalue weighted by atomic mass is 16.7. The number of ether oxygens (including phenoxy) is 8. The van der Waals surface area contributed by atoms with Crippen LogP contribution in [0, 0.1) is 13.8 Å². The molecule has 28 heavy (non-hydrogen) atoms. The maximum Gasteiger partial charge on any atom is 0.231 e. The van der Waals surface area contributed by atoms with Crippen molar-refractivity contribution in [2.45, 2.75) is 13.8 Å². The Balaban J connectivity index is 0.000000161. The molecule has 2 heterocycles. The summed E-state index contributed by atoms with van der Waals surface area (Å²) in [5, 5.41) is 0. The van der Waals surface area contributed by atoms with E-state index in [9.17, 15) is 0 Å². The summed E-state index contributed by atoms with van der Waals surface area (Å²) in [6.07, 6.45) is 0. The van der Waals surface area contributed by atoms with Crippen LogP contribution in [-0.4, -0.2) is 42.0 Å². The average Bonchev–Trinajstić information content (AvgIpc) is 3.37. The Bertz CT molecular complexity index is 791. The fourth-order valence-electron chi connectivity index (χ4n) is 3.08. The van der Waals surface area contributed by atoms with Gasteiger partial charge in [-0.25, -0.2) is 0 Å². The third-order valence-electron chi connectivity index (χ3n) is 4.35. The van der Waals surface area contributed by atoms with E-state index >= 15 is 0 Å². The standard InChI is InChI=1S/2C10H12O4/c2*1-6-4-7(11-2)9-10(8(6)12-3)14-5-13-9/h2*4H,5H2,1-3H3. The minimum atomic E-state index is 0.214. The maximum atomic E-state index is 5.32. The second-order valence-corrected chi connectivity index (χ2v) is 5.99. The number of hydrogen-bond donors (Lipinski definition) is 0. The van der Waals surface area contributed by atoms with Crippen LogP contribution in [0.4, 0.5) is 0 Å². The van der Waals surface area contributed by atoms with E-state index in [2.05, 4.69) is 0 Å². The molecule has 0 unspecified atom stereocenters. The number of fused-ring (bicyclic) bond motifs is 2. The van der Waals surface area contributed by atoms with Gasteiger partial charge < -0.3 is 37.9 Å². The van der Waals surface area contributed by atoms with Crippen molar-refractivity contribution >= 4 is 0 Å². The van der Waals surface area contributed by atoms with E-state index in [-0.39, 0.29) is 13.6 Å². The van der Waals surface area contributed by atoms with E-state index in [1.807, 2.05) is 26.0 Å². The van der Waals surface area contributed by atoms with Gasteiger partial charge in [-0.2, -0.15) is 0 Å². The molecule has 2 aromatic rings. The molecule has 0 aliphatic carbocycles. The van der Waals surface area contributed by atoms with Crippen LogP contribution in [0.25, 0.3) is 0 Å². The van der Waals surface area contributed by atoms with Gasteiger partial charge in [-0.1, -0.05) is 0 Å². The molecule has 0 spiro atoms. The van der Waals surface area contributed by atoms with Crippen molar-refractivity contribution in [1.29, 1.82) is 0 Å².